The predicted octanol–water partition coefficient (Wildman–Crippen LogP) is 2.33. The fraction of sp³-hybridized carbons (Fsp3) is 0.143. The molecule has 0 radical (unpaired) electrons. The molecule has 5 nitrogen and oxygen atoms in total. The van der Waals surface area contributed by atoms with Crippen LogP contribution in [0.15, 0.2) is 47.1 Å². The Hall–Kier alpha value is -2.27. The molecule has 0 spiro atoms. The van der Waals surface area contributed by atoms with Crippen LogP contribution in [0.2, 0.25) is 5.02 Å². The summed E-state index contributed by atoms with van der Waals surface area (Å²) in [6, 6.07) is 10.4. The molecule has 104 valence electrons. The van der Waals surface area contributed by atoms with Gasteiger partial charge in [-0.1, -0.05) is 29.8 Å². The first-order valence-corrected chi connectivity index (χ1v) is 6.40. The zero-order chi connectivity index (χ0) is 14.4. The minimum Gasteiger partial charge on any atom is -0.459 e. The van der Waals surface area contributed by atoms with Crippen LogP contribution in [-0.4, -0.2) is 11.8 Å². The van der Waals surface area contributed by atoms with E-state index >= 15 is 0 Å². The number of hydrogen-bond acceptors (Lipinski definition) is 3. The van der Waals surface area contributed by atoms with E-state index < -0.39 is 5.91 Å². The van der Waals surface area contributed by atoms with Gasteiger partial charge in [-0.15, -0.1) is 0 Å². The molecule has 0 saturated carbocycles. The molecular weight excluding hydrogens is 280 g/mol. The van der Waals surface area contributed by atoms with Crippen LogP contribution in [0, 0.1) is 0 Å². The molecule has 0 aliphatic rings. The number of amides is 2. The Morgan fingerprint density at radius 1 is 1.10 bits per heavy atom. The second-order valence-electron chi connectivity index (χ2n) is 4.07. The van der Waals surface area contributed by atoms with Gasteiger partial charge in [0.05, 0.1) is 6.26 Å². The number of aryl methyl sites for hydroxylation is 1. The summed E-state index contributed by atoms with van der Waals surface area (Å²) in [5, 5.41) is 0.625. The van der Waals surface area contributed by atoms with Gasteiger partial charge in [-0.25, -0.2) is 0 Å². The Bertz CT molecular complexity index is 596. The zero-order valence-electron chi connectivity index (χ0n) is 10.6. The highest BCUT2D eigenvalue weighted by Crippen LogP contribution is 2.16. The van der Waals surface area contributed by atoms with E-state index in [1.165, 1.54) is 12.3 Å². The van der Waals surface area contributed by atoms with E-state index in [1.54, 1.807) is 12.1 Å². The van der Waals surface area contributed by atoms with Crippen molar-refractivity contribution < 1.29 is 14.0 Å². The summed E-state index contributed by atoms with van der Waals surface area (Å²) in [6.45, 7) is 0. The molecule has 0 aliphatic heterocycles. The lowest BCUT2D eigenvalue weighted by atomic mass is 10.1. The van der Waals surface area contributed by atoms with Crippen LogP contribution in [0.1, 0.15) is 22.5 Å². The maximum absolute atomic E-state index is 11.6. The monoisotopic (exact) mass is 292 g/mol. The fourth-order valence-electron chi connectivity index (χ4n) is 1.61. The first-order valence-electron chi connectivity index (χ1n) is 6.03. The summed E-state index contributed by atoms with van der Waals surface area (Å²) in [5.74, 6) is -0.665. The molecule has 0 aliphatic carbocycles. The van der Waals surface area contributed by atoms with Crippen LogP contribution in [0.4, 0.5) is 0 Å². The average molecular weight is 293 g/mol. The third-order valence-electron chi connectivity index (χ3n) is 2.64. The van der Waals surface area contributed by atoms with E-state index in [9.17, 15) is 9.59 Å². The molecule has 0 unspecified atom stereocenters. The van der Waals surface area contributed by atoms with Gasteiger partial charge in [0.1, 0.15) is 0 Å². The van der Waals surface area contributed by atoms with E-state index in [-0.39, 0.29) is 18.1 Å². The normalized spacial score (nSPS) is 10.1. The van der Waals surface area contributed by atoms with E-state index in [4.69, 9.17) is 16.0 Å². The largest absolute Gasteiger partial charge is 0.459 e. The molecule has 20 heavy (non-hydrogen) atoms. The maximum Gasteiger partial charge on any atom is 0.305 e. The van der Waals surface area contributed by atoms with E-state index in [0.29, 0.717) is 11.4 Å². The summed E-state index contributed by atoms with van der Waals surface area (Å²) < 4.78 is 4.89. The van der Waals surface area contributed by atoms with Gasteiger partial charge in [-0.2, -0.15) is 0 Å². The topological polar surface area (TPSA) is 71.3 Å². The third kappa shape index (κ3) is 3.86. The molecule has 2 aromatic rings. The molecule has 0 atom stereocenters. The van der Waals surface area contributed by atoms with Gasteiger partial charge in [-0.3, -0.25) is 20.4 Å². The van der Waals surface area contributed by atoms with Crippen molar-refractivity contribution in [1.29, 1.82) is 0 Å². The highest BCUT2D eigenvalue weighted by molar-refractivity contribution is 6.31. The van der Waals surface area contributed by atoms with Gasteiger partial charge in [0.15, 0.2) is 5.76 Å². The van der Waals surface area contributed by atoms with Crippen molar-refractivity contribution in [3.8, 4) is 0 Å². The Morgan fingerprint density at radius 2 is 1.90 bits per heavy atom. The van der Waals surface area contributed by atoms with Crippen molar-refractivity contribution in [3.05, 3.63) is 59.0 Å². The fourth-order valence-corrected chi connectivity index (χ4v) is 1.84. The van der Waals surface area contributed by atoms with Crippen LogP contribution >= 0.6 is 11.6 Å². The smallest absolute Gasteiger partial charge is 0.305 e. The highest BCUT2D eigenvalue weighted by Gasteiger charge is 2.10. The summed E-state index contributed by atoms with van der Waals surface area (Å²) in [5.41, 5.74) is 5.48. The van der Waals surface area contributed by atoms with Crippen LogP contribution in [-0.2, 0) is 11.2 Å². The molecule has 2 N–H and O–H groups in total. The van der Waals surface area contributed by atoms with Crippen molar-refractivity contribution in [3.63, 3.8) is 0 Å². The first kappa shape index (κ1) is 14.1. The number of hydrogen-bond donors (Lipinski definition) is 2. The Labute approximate surface area is 120 Å². The van der Waals surface area contributed by atoms with Gasteiger partial charge in [0, 0.05) is 11.4 Å². The van der Waals surface area contributed by atoms with Crippen molar-refractivity contribution in [2.75, 3.05) is 0 Å². The van der Waals surface area contributed by atoms with Gasteiger partial charge in [0.2, 0.25) is 5.91 Å². The van der Waals surface area contributed by atoms with Gasteiger partial charge in [-0.05, 0) is 30.2 Å². The quantitative estimate of drug-likeness (QED) is 0.850. The van der Waals surface area contributed by atoms with E-state index in [0.717, 1.165) is 5.56 Å². The lowest BCUT2D eigenvalue weighted by Gasteiger charge is -2.06. The maximum atomic E-state index is 11.6. The zero-order valence-corrected chi connectivity index (χ0v) is 11.3. The third-order valence-corrected chi connectivity index (χ3v) is 3.01. The van der Waals surface area contributed by atoms with Gasteiger partial charge < -0.3 is 4.42 Å². The summed E-state index contributed by atoms with van der Waals surface area (Å²) in [6.07, 6.45) is 2.11. The van der Waals surface area contributed by atoms with Crippen molar-refractivity contribution in [2.45, 2.75) is 12.8 Å². The lowest BCUT2D eigenvalue weighted by molar-refractivity contribution is -0.121. The minimum absolute atomic E-state index is 0.136. The molecular formula is C14H13ClN2O3. The summed E-state index contributed by atoms with van der Waals surface area (Å²) in [7, 11) is 0. The van der Waals surface area contributed by atoms with Gasteiger partial charge >= 0.3 is 5.91 Å². The highest BCUT2D eigenvalue weighted by atomic mass is 35.5. The molecule has 2 rings (SSSR count). The number of benzene rings is 1. The second kappa shape index (κ2) is 6.77. The molecule has 0 bridgehead atoms. The average Bonchev–Trinajstić information content (AvgIpc) is 2.98. The van der Waals surface area contributed by atoms with Crippen LogP contribution in [0.3, 0.4) is 0 Å². The minimum atomic E-state index is -0.499. The number of nitrogens with one attached hydrogen (secondary N) is 2. The summed E-state index contributed by atoms with van der Waals surface area (Å²) in [4.78, 5) is 23.1. The Balaban J connectivity index is 1.76. The van der Waals surface area contributed by atoms with Crippen LogP contribution in [0.25, 0.3) is 0 Å². The predicted molar refractivity (Wildman–Crippen MR) is 74.1 cm³/mol. The number of carbonyl (C=O) groups excluding carboxylic acids is 2. The SMILES string of the molecule is O=C(CCc1ccccc1Cl)NNC(=O)c1ccco1. The number of halogens is 1. The Morgan fingerprint density at radius 3 is 2.60 bits per heavy atom. The summed E-state index contributed by atoms with van der Waals surface area (Å²) >= 11 is 5.99. The van der Waals surface area contributed by atoms with Crippen molar-refractivity contribution in [2.24, 2.45) is 0 Å². The van der Waals surface area contributed by atoms with Crippen LogP contribution < -0.4 is 10.9 Å². The standard InChI is InChI=1S/C14H13ClN2O3/c15-11-5-2-1-4-10(11)7-8-13(18)16-17-14(19)12-6-3-9-20-12/h1-6,9H,7-8H2,(H,16,18)(H,17,19). The second-order valence-corrected chi connectivity index (χ2v) is 4.48. The van der Waals surface area contributed by atoms with E-state index in [2.05, 4.69) is 10.9 Å². The molecule has 1 aromatic heterocycles. The molecule has 2 amide bonds. The number of carbonyl (C=O) groups is 2. The molecule has 6 heteroatoms. The first-order chi connectivity index (χ1) is 9.66. The van der Waals surface area contributed by atoms with E-state index in [1.807, 2.05) is 18.2 Å². The molecule has 0 fully saturated rings. The van der Waals surface area contributed by atoms with Crippen LogP contribution in [0.5, 0.6) is 0 Å². The number of rotatable bonds is 4. The molecule has 1 aromatic carbocycles. The van der Waals surface area contributed by atoms with Crippen molar-refractivity contribution in [1.82, 2.24) is 10.9 Å². The van der Waals surface area contributed by atoms with Crippen molar-refractivity contribution >= 4 is 23.4 Å². The van der Waals surface area contributed by atoms with Gasteiger partial charge in [0.25, 0.3) is 0 Å². The lowest BCUT2D eigenvalue weighted by Crippen LogP contribution is -2.41. The Kier molecular flexibility index (Phi) is 4.79. The molecule has 0 saturated heterocycles. The number of hydrazine groups is 1. The molecule has 1 heterocycles. The number of furan rings is 1.